The van der Waals surface area contributed by atoms with Crippen molar-refractivity contribution in [3.05, 3.63) is 0 Å². The van der Waals surface area contributed by atoms with Gasteiger partial charge in [-0.05, 0) is 39.7 Å². The van der Waals surface area contributed by atoms with E-state index in [0.29, 0.717) is 6.04 Å². The van der Waals surface area contributed by atoms with E-state index in [1.165, 1.54) is 51.5 Å². The van der Waals surface area contributed by atoms with Gasteiger partial charge in [0.25, 0.3) is 0 Å². The maximum Gasteiger partial charge on any atom is 0.0306 e. The van der Waals surface area contributed by atoms with Crippen molar-refractivity contribution in [2.24, 2.45) is 5.73 Å². The second kappa shape index (κ2) is 9.80. The molecule has 0 spiro atoms. The lowest BCUT2D eigenvalue weighted by atomic mass is 9.90. The minimum atomic E-state index is 0.194. The Balaban J connectivity index is 4.64. The van der Waals surface area contributed by atoms with E-state index >= 15 is 0 Å². The maximum atomic E-state index is 6.11. The van der Waals surface area contributed by atoms with Gasteiger partial charge in [0.2, 0.25) is 0 Å². The van der Waals surface area contributed by atoms with Crippen LogP contribution in [0.25, 0.3) is 0 Å². The highest BCUT2D eigenvalue weighted by molar-refractivity contribution is 4.89. The lowest BCUT2D eigenvalue weighted by Crippen LogP contribution is -2.55. The Morgan fingerprint density at radius 1 is 1.06 bits per heavy atom. The Bertz CT molecular complexity index is 194. The second-order valence-corrected chi connectivity index (χ2v) is 5.96. The summed E-state index contributed by atoms with van der Waals surface area (Å²) in [6, 6.07) is 0.645. The van der Waals surface area contributed by atoms with Gasteiger partial charge in [-0.3, -0.25) is 4.90 Å². The van der Waals surface area contributed by atoms with Crippen LogP contribution in [0.4, 0.5) is 0 Å². The predicted octanol–water partition coefficient (Wildman–Crippen LogP) is 4.18. The Morgan fingerprint density at radius 3 is 2.11 bits per heavy atom. The molecule has 2 N–H and O–H groups in total. The van der Waals surface area contributed by atoms with Gasteiger partial charge in [-0.25, -0.2) is 0 Å². The van der Waals surface area contributed by atoms with Crippen molar-refractivity contribution in [2.45, 2.75) is 91.1 Å². The molecule has 0 fully saturated rings. The van der Waals surface area contributed by atoms with Crippen LogP contribution in [0.15, 0.2) is 0 Å². The van der Waals surface area contributed by atoms with Gasteiger partial charge in [-0.15, -0.1) is 0 Å². The van der Waals surface area contributed by atoms with Crippen molar-refractivity contribution in [1.29, 1.82) is 0 Å². The van der Waals surface area contributed by atoms with Crippen molar-refractivity contribution < 1.29 is 0 Å². The molecule has 0 radical (unpaired) electrons. The second-order valence-electron chi connectivity index (χ2n) is 5.96. The molecule has 2 heteroatoms. The molecule has 0 aromatic heterocycles. The van der Waals surface area contributed by atoms with Gasteiger partial charge in [0.05, 0.1) is 0 Å². The topological polar surface area (TPSA) is 29.3 Å². The third-order valence-electron chi connectivity index (χ3n) is 4.33. The van der Waals surface area contributed by atoms with Crippen molar-refractivity contribution in [3.63, 3.8) is 0 Å². The molecule has 0 aliphatic carbocycles. The number of nitrogens with two attached hydrogens (primary N) is 1. The molecule has 0 aromatic carbocycles. The van der Waals surface area contributed by atoms with Crippen LogP contribution in [-0.2, 0) is 0 Å². The van der Waals surface area contributed by atoms with Gasteiger partial charge in [-0.2, -0.15) is 0 Å². The zero-order chi connectivity index (χ0) is 14.0. The molecule has 110 valence electrons. The zero-order valence-corrected chi connectivity index (χ0v) is 13.5. The summed E-state index contributed by atoms with van der Waals surface area (Å²) in [5.74, 6) is 0. The van der Waals surface area contributed by atoms with Crippen LogP contribution in [0, 0.1) is 0 Å². The van der Waals surface area contributed by atoms with E-state index in [4.69, 9.17) is 5.73 Å². The number of unbranched alkanes of at least 4 members (excludes halogenated alkanes) is 3. The lowest BCUT2D eigenvalue weighted by molar-refractivity contribution is 0.0555. The highest BCUT2D eigenvalue weighted by Crippen LogP contribution is 2.25. The minimum Gasteiger partial charge on any atom is -0.329 e. The van der Waals surface area contributed by atoms with Crippen molar-refractivity contribution in [3.8, 4) is 0 Å². The monoisotopic (exact) mass is 256 g/mol. The summed E-state index contributed by atoms with van der Waals surface area (Å²) < 4.78 is 0. The number of rotatable bonds is 11. The summed E-state index contributed by atoms with van der Waals surface area (Å²) in [7, 11) is 0. The number of nitrogens with zero attached hydrogens (tertiary/aromatic N) is 1. The van der Waals surface area contributed by atoms with E-state index in [0.717, 1.165) is 6.54 Å². The molecular weight excluding hydrogens is 220 g/mol. The van der Waals surface area contributed by atoms with Gasteiger partial charge in [0, 0.05) is 18.1 Å². The summed E-state index contributed by atoms with van der Waals surface area (Å²) in [5, 5.41) is 0. The molecule has 0 bridgehead atoms. The molecule has 0 aliphatic rings. The fraction of sp³-hybridized carbons (Fsp3) is 1.00. The first-order chi connectivity index (χ1) is 8.55. The fourth-order valence-corrected chi connectivity index (χ4v) is 2.69. The molecule has 0 saturated heterocycles. The van der Waals surface area contributed by atoms with Gasteiger partial charge < -0.3 is 5.73 Å². The summed E-state index contributed by atoms with van der Waals surface area (Å²) in [4.78, 5) is 2.67. The molecule has 2 nitrogen and oxygen atoms in total. The zero-order valence-electron chi connectivity index (χ0n) is 13.5. The van der Waals surface area contributed by atoms with Crippen LogP contribution in [0.3, 0.4) is 0 Å². The van der Waals surface area contributed by atoms with E-state index in [1.54, 1.807) is 0 Å². The minimum absolute atomic E-state index is 0.194. The van der Waals surface area contributed by atoms with Crippen molar-refractivity contribution in [1.82, 2.24) is 4.90 Å². The quantitative estimate of drug-likeness (QED) is 0.562. The van der Waals surface area contributed by atoms with Crippen molar-refractivity contribution >= 4 is 0 Å². The van der Waals surface area contributed by atoms with Crippen LogP contribution >= 0.6 is 0 Å². The first-order valence-corrected chi connectivity index (χ1v) is 8.02. The molecule has 0 aliphatic heterocycles. The highest BCUT2D eigenvalue weighted by atomic mass is 15.2. The Hall–Kier alpha value is -0.0800. The van der Waals surface area contributed by atoms with E-state index in [9.17, 15) is 0 Å². The van der Waals surface area contributed by atoms with Crippen LogP contribution < -0.4 is 5.73 Å². The van der Waals surface area contributed by atoms with Gasteiger partial charge in [0.15, 0.2) is 0 Å². The smallest absolute Gasteiger partial charge is 0.0306 e. The summed E-state index contributed by atoms with van der Waals surface area (Å²) >= 11 is 0. The fourth-order valence-electron chi connectivity index (χ4n) is 2.69. The third kappa shape index (κ3) is 5.71. The average Bonchev–Trinajstić information content (AvgIpc) is 2.39. The lowest BCUT2D eigenvalue weighted by Gasteiger charge is -2.44. The van der Waals surface area contributed by atoms with Crippen LogP contribution in [0.1, 0.15) is 79.6 Å². The van der Waals surface area contributed by atoms with Gasteiger partial charge >= 0.3 is 0 Å². The van der Waals surface area contributed by atoms with E-state index in [2.05, 4.69) is 39.5 Å². The Morgan fingerprint density at radius 2 is 1.67 bits per heavy atom. The largest absolute Gasteiger partial charge is 0.329 e. The SMILES string of the molecule is CCCCCC(C)(CN)N(CCCC)C(C)CC. The van der Waals surface area contributed by atoms with Crippen LogP contribution in [0.5, 0.6) is 0 Å². The first kappa shape index (κ1) is 17.9. The summed E-state index contributed by atoms with van der Waals surface area (Å²) in [6.07, 6.45) is 8.94. The first-order valence-electron chi connectivity index (χ1n) is 8.02. The molecule has 0 rings (SSSR count). The molecule has 2 atom stereocenters. The van der Waals surface area contributed by atoms with E-state index in [-0.39, 0.29) is 5.54 Å². The van der Waals surface area contributed by atoms with Crippen molar-refractivity contribution in [2.75, 3.05) is 13.1 Å². The summed E-state index contributed by atoms with van der Waals surface area (Å²) in [6.45, 7) is 13.5. The van der Waals surface area contributed by atoms with Crippen LogP contribution in [-0.4, -0.2) is 29.6 Å². The molecule has 0 heterocycles. The average molecular weight is 256 g/mol. The Labute approximate surface area is 115 Å². The van der Waals surface area contributed by atoms with E-state index < -0.39 is 0 Å². The maximum absolute atomic E-state index is 6.11. The molecule has 0 aromatic rings. The van der Waals surface area contributed by atoms with Gasteiger partial charge in [-0.1, -0.05) is 46.5 Å². The molecular formula is C16H36N2. The van der Waals surface area contributed by atoms with Crippen LogP contribution in [0.2, 0.25) is 0 Å². The van der Waals surface area contributed by atoms with E-state index in [1.807, 2.05) is 0 Å². The van der Waals surface area contributed by atoms with Gasteiger partial charge in [0.1, 0.15) is 0 Å². The highest BCUT2D eigenvalue weighted by Gasteiger charge is 2.32. The Kier molecular flexibility index (Phi) is 9.76. The molecule has 18 heavy (non-hydrogen) atoms. The molecule has 2 unspecified atom stereocenters. The predicted molar refractivity (Wildman–Crippen MR) is 83.0 cm³/mol. The number of hydrogen-bond acceptors (Lipinski definition) is 2. The normalized spacial score (nSPS) is 16.8. The molecule has 0 amide bonds. The molecule has 0 saturated carbocycles. The summed E-state index contributed by atoms with van der Waals surface area (Å²) in [5.41, 5.74) is 6.31. The number of hydrogen-bond donors (Lipinski definition) is 1. The third-order valence-corrected chi connectivity index (χ3v) is 4.33. The standard InChI is InChI=1S/C16H36N2/c1-6-9-11-12-16(5,14-17)18(13-10-7-2)15(4)8-3/h15H,6-14,17H2,1-5H3.